The first kappa shape index (κ1) is 19.4. The Morgan fingerprint density at radius 3 is 2.43 bits per heavy atom. The largest absolute Gasteiger partial charge is 0.495 e. The molecule has 0 spiro atoms. The van der Waals surface area contributed by atoms with Gasteiger partial charge in [-0.2, -0.15) is 0 Å². The molecule has 7 heteroatoms. The molecule has 0 saturated carbocycles. The van der Waals surface area contributed by atoms with Gasteiger partial charge in [-0.1, -0.05) is 30.3 Å². The summed E-state index contributed by atoms with van der Waals surface area (Å²) in [6.45, 7) is 0.218. The molecule has 1 heterocycles. The first-order chi connectivity index (χ1) is 13.6. The maximum Gasteiger partial charge on any atom is 0.269 e. The Labute approximate surface area is 166 Å². The molecule has 1 aromatic heterocycles. The molecule has 0 aliphatic heterocycles. The minimum atomic E-state index is -0.413. The number of hydrogen-bond donors (Lipinski definition) is 2. The number of ether oxygens (including phenoxy) is 2. The van der Waals surface area contributed by atoms with Crippen molar-refractivity contribution in [3.8, 4) is 21.9 Å². The number of amides is 2. The molecule has 3 aromatic rings. The number of hydrogen-bond acceptors (Lipinski definition) is 5. The fraction of sp³-hybridized carbons (Fsp3) is 0.143. The molecule has 3 N–H and O–H groups in total. The zero-order chi connectivity index (χ0) is 19.9. The number of primary amides is 1. The number of nitrogens with two attached hydrogens (primary N) is 1. The first-order valence-electron chi connectivity index (χ1n) is 8.62. The Morgan fingerprint density at radius 2 is 1.79 bits per heavy atom. The zero-order valence-electron chi connectivity index (χ0n) is 15.3. The van der Waals surface area contributed by atoms with E-state index in [0.29, 0.717) is 22.1 Å². The molecule has 0 bridgehead atoms. The predicted octanol–water partition coefficient (Wildman–Crippen LogP) is 3.93. The second-order valence-electron chi connectivity index (χ2n) is 5.92. The van der Waals surface area contributed by atoms with Gasteiger partial charge < -0.3 is 20.5 Å². The monoisotopic (exact) mass is 396 g/mol. The molecule has 0 aliphatic rings. The highest BCUT2D eigenvalue weighted by molar-refractivity contribution is 7.17. The lowest BCUT2D eigenvalue weighted by Gasteiger charge is -2.08. The molecular weight excluding hydrogens is 376 g/mol. The Bertz CT molecular complexity index is 952. The molecule has 0 aliphatic carbocycles. The summed E-state index contributed by atoms with van der Waals surface area (Å²) in [5.74, 6) is 0.474. The molecule has 0 saturated heterocycles. The lowest BCUT2D eigenvalue weighted by Crippen LogP contribution is -2.14. The minimum Gasteiger partial charge on any atom is -0.495 e. The van der Waals surface area contributed by atoms with Gasteiger partial charge in [0.1, 0.15) is 16.4 Å². The van der Waals surface area contributed by atoms with Crippen LogP contribution in [0.25, 0.3) is 10.4 Å². The number of benzene rings is 2. The normalized spacial score (nSPS) is 10.3. The van der Waals surface area contributed by atoms with Gasteiger partial charge in [-0.05, 0) is 35.9 Å². The lowest BCUT2D eigenvalue weighted by atomic mass is 10.2. The van der Waals surface area contributed by atoms with E-state index >= 15 is 0 Å². The lowest BCUT2D eigenvalue weighted by molar-refractivity contribution is -0.118. The average Bonchev–Trinajstić information content (AvgIpc) is 3.14. The number of carbonyl (C=O) groups is 2. The standard InChI is InChI=1S/C21H20N2O4S/c1-26-17-13-18(14-5-3-2-4-6-14)28-20(17)21(25)23-15-7-9-16(10-8-15)27-12-11-19(22)24/h2-10,13H,11-12H2,1H3,(H2,22,24)(H,23,25). The molecule has 0 unspecified atom stereocenters. The summed E-state index contributed by atoms with van der Waals surface area (Å²) < 4.78 is 10.8. The Kier molecular flexibility index (Phi) is 6.29. The van der Waals surface area contributed by atoms with Crippen LogP contribution in [-0.2, 0) is 4.79 Å². The van der Waals surface area contributed by atoms with Crippen LogP contribution in [0.3, 0.4) is 0 Å². The van der Waals surface area contributed by atoms with Crippen molar-refractivity contribution in [3.63, 3.8) is 0 Å². The molecule has 0 radical (unpaired) electrons. The highest BCUT2D eigenvalue weighted by atomic mass is 32.1. The molecule has 2 aromatic carbocycles. The van der Waals surface area contributed by atoms with E-state index in [1.165, 1.54) is 11.3 Å². The first-order valence-corrected chi connectivity index (χ1v) is 9.44. The summed E-state index contributed by atoms with van der Waals surface area (Å²) in [4.78, 5) is 24.9. The Morgan fingerprint density at radius 1 is 1.07 bits per heavy atom. The van der Waals surface area contributed by atoms with Crippen molar-refractivity contribution in [1.29, 1.82) is 0 Å². The van der Waals surface area contributed by atoms with Crippen molar-refractivity contribution in [2.24, 2.45) is 5.73 Å². The van der Waals surface area contributed by atoms with Crippen LogP contribution < -0.4 is 20.5 Å². The Hall–Kier alpha value is -3.32. The zero-order valence-corrected chi connectivity index (χ0v) is 16.1. The molecule has 144 valence electrons. The minimum absolute atomic E-state index is 0.153. The van der Waals surface area contributed by atoms with Crippen LogP contribution in [0, 0.1) is 0 Å². The van der Waals surface area contributed by atoms with Crippen molar-refractivity contribution < 1.29 is 19.1 Å². The van der Waals surface area contributed by atoms with Gasteiger partial charge in [0.05, 0.1) is 20.1 Å². The fourth-order valence-corrected chi connectivity index (χ4v) is 3.55. The predicted molar refractivity (Wildman–Crippen MR) is 110 cm³/mol. The third-order valence-electron chi connectivity index (χ3n) is 3.91. The van der Waals surface area contributed by atoms with E-state index in [4.69, 9.17) is 15.2 Å². The topological polar surface area (TPSA) is 90.7 Å². The summed E-state index contributed by atoms with van der Waals surface area (Å²) in [7, 11) is 1.55. The van der Waals surface area contributed by atoms with Gasteiger partial charge in [-0.15, -0.1) is 11.3 Å². The number of carbonyl (C=O) groups excluding carboxylic acids is 2. The van der Waals surface area contributed by atoms with E-state index in [9.17, 15) is 9.59 Å². The van der Waals surface area contributed by atoms with E-state index in [1.54, 1.807) is 31.4 Å². The van der Waals surface area contributed by atoms with Crippen LogP contribution in [0.2, 0.25) is 0 Å². The second-order valence-corrected chi connectivity index (χ2v) is 6.97. The SMILES string of the molecule is COc1cc(-c2ccccc2)sc1C(=O)Nc1ccc(OCCC(N)=O)cc1. The van der Waals surface area contributed by atoms with E-state index < -0.39 is 5.91 Å². The number of nitrogens with one attached hydrogen (secondary N) is 1. The molecule has 0 fully saturated rings. The highest BCUT2D eigenvalue weighted by Gasteiger charge is 2.18. The van der Waals surface area contributed by atoms with Gasteiger partial charge in [0.15, 0.2) is 0 Å². The quantitative estimate of drug-likeness (QED) is 0.604. The second kappa shape index (κ2) is 9.05. The summed E-state index contributed by atoms with van der Waals surface area (Å²) >= 11 is 1.38. The Balaban J connectivity index is 1.69. The maximum absolute atomic E-state index is 12.7. The molecule has 2 amide bonds. The van der Waals surface area contributed by atoms with Crippen LogP contribution in [0.4, 0.5) is 5.69 Å². The van der Waals surface area contributed by atoms with E-state index in [2.05, 4.69) is 5.32 Å². The maximum atomic E-state index is 12.7. The van der Waals surface area contributed by atoms with Crippen molar-refractivity contribution in [3.05, 3.63) is 65.5 Å². The van der Waals surface area contributed by atoms with E-state index in [-0.39, 0.29) is 18.9 Å². The van der Waals surface area contributed by atoms with Crippen molar-refractivity contribution in [2.45, 2.75) is 6.42 Å². The smallest absolute Gasteiger partial charge is 0.269 e. The molecular formula is C21H20N2O4S. The highest BCUT2D eigenvalue weighted by Crippen LogP contribution is 2.36. The van der Waals surface area contributed by atoms with Crippen molar-refractivity contribution >= 4 is 28.8 Å². The number of methoxy groups -OCH3 is 1. The van der Waals surface area contributed by atoms with Crippen LogP contribution in [0.15, 0.2) is 60.7 Å². The number of thiophene rings is 1. The van der Waals surface area contributed by atoms with Crippen molar-refractivity contribution in [1.82, 2.24) is 0 Å². The summed E-state index contributed by atoms with van der Waals surface area (Å²) in [6.07, 6.45) is 0.153. The third kappa shape index (κ3) is 4.89. The van der Waals surface area contributed by atoms with Crippen LogP contribution in [0.1, 0.15) is 16.1 Å². The van der Waals surface area contributed by atoms with Crippen molar-refractivity contribution in [2.75, 3.05) is 19.0 Å². The van der Waals surface area contributed by atoms with Gasteiger partial charge in [0.2, 0.25) is 5.91 Å². The molecule has 28 heavy (non-hydrogen) atoms. The fourth-order valence-electron chi connectivity index (χ4n) is 2.52. The van der Waals surface area contributed by atoms with E-state index in [0.717, 1.165) is 10.4 Å². The van der Waals surface area contributed by atoms with Gasteiger partial charge in [-0.3, -0.25) is 9.59 Å². The number of rotatable bonds is 8. The van der Waals surface area contributed by atoms with Crippen LogP contribution in [0.5, 0.6) is 11.5 Å². The van der Waals surface area contributed by atoms with Gasteiger partial charge in [-0.25, -0.2) is 0 Å². The number of anilines is 1. The van der Waals surface area contributed by atoms with Crippen LogP contribution in [-0.4, -0.2) is 25.5 Å². The van der Waals surface area contributed by atoms with Crippen LogP contribution >= 0.6 is 11.3 Å². The summed E-state index contributed by atoms with van der Waals surface area (Å²) in [5, 5.41) is 2.86. The molecule has 6 nitrogen and oxygen atoms in total. The average molecular weight is 396 g/mol. The van der Waals surface area contributed by atoms with Gasteiger partial charge >= 0.3 is 0 Å². The molecule has 0 atom stereocenters. The van der Waals surface area contributed by atoms with Gasteiger partial charge in [0.25, 0.3) is 5.91 Å². The van der Waals surface area contributed by atoms with E-state index in [1.807, 2.05) is 36.4 Å². The summed E-state index contributed by atoms with van der Waals surface area (Å²) in [6, 6.07) is 18.6. The molecule has 3 rings (SSSR count). The van der Waals surface area contributed by atoms with Gasteiger partial charge in [0, 0.05) is 10.6 Å². The summed E-state index contributed by atoms with van der Waals surface area (Å²) in [5.41, 5.74) is 6.74. The third-order valence-corrected chi connectivity index (χ3v) is 5.08.